The third kappa shape index (κ3) is 4.94. The molecule has 3 heterocycles. The molecule has 0 atom stereocenters. The molecular formula is C22H26N4O5S2. The van der Waals surface area contributed by atoms with Gasteiger partial charge in [0.05, 0.1) is 32.7 Å². The Morgan fingerprint density at radius 2 is 1.85 bits per heavy atom. The van der Waals surface area contributed by atoms with Crippen molar-refractivity contribution in [1.29, 1.82) is 0 Å². The summed E-state index contributed by atoms with van der Waals surface area (Å²) in [4.78, 5) is 24.5. The highest BCUT2D eigenvalue weighted by Crippen LogP contribution is 2.41. The Labute approximate surface area is 197 Å². The quantitative estimate of drug-likeness (QED) is 0.502. The number of benzene rings is 1. The minimum absolute atomic E-state index is 0.0919. The minimum Gasteiger partial charge on any atom is -0.495 e. The van der Waals surface area contributed by atoms with Gasteiger partial charge in [-0.15, -0.1) is 0 Å². The molecule has 0 aliphatic carbocycles. The van der Waals surface area contributed by atoms with Crippen LogP contribution in [0, 0.1) is 5.92 Å². The van der Waals surface area contributed by atoms with Gasteiger partial charge in [0.15, 0.2) is 5.13 Å². The van der Waals surface area contributed by atoms with Crippen LogP contribution in [0.3, 0.4) is 0 Å². The Balaban J connectivity index is 1.69. The molecule has 2 aromatic heterocycles. The molecule has 4 rings (SSSR count). The number of sulfonamides is 1. The molecule has 0 spiro atoms. The second kappa shape index (κ2) is 9.62. The maximum atomic E-state index is 13.7. The van der Waals surface area contributed by atoms with E-state index in [4.69, 9.17) is 14.5 Å². The van der Waals surface area contributed by atoms with Gasteiger partial charge in [0.25, 0.3) is 0 Å². The predicted molar refractivity (Wildman–Crippen MR) is 127 cm³/mol. The number of carbonyl (C=O) groups is 1. The smallest absolute Gasteiger partial charge is 0.232 e. The van der Waals surface area contributed by atoms with Gasteiger partial charge in [-0.1, -0.05) is 17.4 Å². The zero-order valence-corrected chi connectivity index (χ0v) is 20.4. The molecule has 0 bridgehead atoms. The predicted octanol–water partition coefficient (Wildman–Crippen LogP) is 2.91. The lowest BCUT2D eigenvalue weighted by Gasteiger charge is -2.32. The van der Waals surface area contributed by atoms with Crippen molar-refractivity contribution in [2.45, 2.75) is 19.4 Å². The zero-order valence-electron chi connectivity index (χ0n) is 18.7. The molecule has 1 saturated heterocycles. The lowest BCUT2D eigenvalue weighted by molar-refractivity contribution is -0.123. The Morgan fingerprint density at radius 1 is 1.15 bits per heavy atom. The van der Waals surface area contributed by atoms with Crippen molar-refractivity contribution in [3.05, 3.63) is 42.2 Å². The van der Waals surface area contributed by atoms with Gasteiger partial charge in [-0.2, -0.15) is 0 Å². The summed E-state index contributed by atoms with van der Waals surface area (Å²) >= 11 is 1.36. The lowest BCUT2D eigenvalue weighted by atomic mass is 9.96. The fraction of sp³-hybridized carbons (Fsp3) is 0.409. The van der Waals surface area contributed by atoms with E-state index in [2.05, 4.69) is 4.98 Å². The molecule has 9 nitrogen and oxygen atoms in total. The number of methoxy groups -OCH3 is 2. The van der Waals surface area contributed by atoms with Crippen LogP contribution in [0.15, 0.2) is 36.5 Å². The Bertz CT molecular complexity index is 1200. The van der Waals surface area contributed by atoms with Crippen LogP contribution in [0.4, 0.5) is 5.13 Å². The largest absolute Gasteiger partial charge is 0.495 e. The molecule has 1 aliphatic rings. The number of ether oxygens (including phenoxy) is 2. The summed E-state index contributed by atoms with van der Waals surface area (Å²) in [6.07, 6.45) is 3.81. The number of hydrogen-bond acceptors (Lipinski definition) is 8. The number of fused-ring (bicyclic) bond motifs is 1. The van der Waals surface area contributed by atoms with Gasteiger partial charge in [-0.25, -0.2) is 17.7 Å². The van der Waals surface area contributed by atoms with Crippen molar-refractivity contribution >= 4 is 42.6 Å². The van der Waals surface area contributed by atoms with E-state index >= 15 is 0 Å². The number of nitrogens with zero attached hydrogens (tertiary/aromatic N) is 4. The Morgan fingerprint density at radius 3 is 2.45 bits per heavy atom. The second-order valence-electron chi connectivity index (χ2n) is 7.83. The molecule has 1 aromatic carbocycles. The van der Waals surface area contributed by atoms with Crippen LogP contribution >= 0.6 is 11.3 Å². The molecule has 1 amide bonds. The molecule has 0 saturated carbocycles. The van der Waals surface area contributed by atoms with E-state index in [1.54, 1.807) is 31.4 Å². The van der Waals surface area contributed by atoms with Crippen molar-refractivity contribution < 1.29 is 22.7 Å². The average molecular weight is 491 g/mol. The van der Waals surface area contributed by atoms with Gasteiger partial charge in [0.2, 0.25) is 15.9 Å². The molecule has 3 aromatic rings. The zero-order chi connectivity index (χ0) is 23.6. The van der Waals surface area contributed by atoms with Gasteiger partial charge in [0, 0.05) is 25.2 Å². The fourth-order valence-corrected chi connectivity index (χ4v) is 5.89. The summed E-state index contributed by atoms with van der Waals surface area (Å²) in [6, 6.07) is 9.16. The highest BCUT2D eigenvalue weighted by atomic mass is 32.2. The number of rotatable bonds is 7. The van der Waals surface area contributed by atoms with E-state index in [1.165, 1.54) is 21.9 Å². The monoisotopic (exact) mass is 490 g/mol. The first kappa shape index (κ1) is 23.4. The maximum Gasteiger partial charge on any atom is 0.232 e. The molecule has 11 heteroatoms. The van der Waals surface area contributed by atoms with E-state index in [-0.39, 0.29) is 18.4 Å². The number of pyridine rings is 1. The third-order valence-electron chi connectivity index (χ3n) is 5.71. The SMILES string of the molecule is COc1ccc(OC)c2sc(N(Cc3ccccn3)C(=O)C3CCN(S(C)(=O)=O)CC3)nc12. The highest BCUT2D eigenvalue weighted by molar-refractivity contribution is 7.88. The topological polar surface area (TPSA) is 102 Å². The van der Waals surface area contributed by atoms with E-state index in [0.717, 1.165) is 10.4 Å². The molecular weight excluding hydrogens is 464 g/mol. The molecule has 0 N–H and O–H groups in total. The van der Waals surface area contributed by atoms with Gasteiger partial charge in [-0.3, -0.25) is 14.7 Å². The maximum absolute atomic E-state index is 13.7. The van der Waals surface area contributed by atoms with Crippen LogP contribution in [0.25, 0.3) is 10.2 Å². The highest BCUT2D eigenvalue weighted by Gasteiger charge is 2.33. The molecule has 33 heavy (non-hydrogen) atoms. The van der Waals surface area contributed by atoms with Gasteiger partial charge in [0.1, 0.15) is 21.7 Å². The first-order valence-electron chi connectivity index (χ1n) is 10.5. The number of amides is 1. The van der Waals surface area contributed by atoms with Crippen LogP contribution in [-0.4, -0.2) is 62.2 Å². The van der Waals surface area contributed by atoms with E-state index in [1.807, 2.05) is 24.3 Å². The van der Waals surface area contributed by atoms with Crippen molar-refractivity contribution in [3.8, 4) is 11.5 Å². The number of anilines is 1. The first-order chi connectivity index (χ1) is 15.8. The summed E-state index contributed by atoms with van der Waals surface area (Å²) in [6.45, 7) is 0.915. The summed E-state index contributed by atoms with van der Waals surface area (Å²) in [7, 11) is -0.102. The Kier molecular flexibility index (Phi) is 6.82. The summed E-state index contributed by atoms with van der Waals surface area (Å²) in [5, 5.41) is 0.522. The van der Waals surface area contributed by atoms with Crippen molar-refractivity contribution in [2.24, 2.45) is 5.92 Å². The number of piperidine rings is 1. The molecule has 176 valence electrons. The number of hydrogen-bond donors (Lipinski definition) is 0. The van der Waals surface area contributed by atoms with E-state index in [0.29, 0.717) is 48.1 Å². The van der Waals surface area contributed by atoms with E-state index < -0.39 is 10.0 Å². The van der Waals surface area contributed by atoms with E-state index in [9.17, 15) is 13.2 Å². The van der Waals surface area contributed by atoms with Gasteiger partial charge >= 0.3 is 0 Å². The van der Waals surface area contributed by atoms with Crippen molar-refractivity contribution in [2.75, 3.05) is 38.5 Å². The molecule has 1 aliphatic heterocycles. The van der Waals surface area contributed by atoms with Crippen molar-refractivity contribution in [3.63, 3.8) is 0 Å². The minimum atomic E-state index is -3.27. The molecule has 1 fully saturated rings. The fourth-order valence-electron chi connectivity index (χ4n) is 3.94. The Hall–Kier alpha value is -2.76. The van der Waals surface area contributed by atoms with Crippen LogP contribution in [-0.2, 0) is 21.4 Å². The van der Waals surface area contributed by atoms with Gasteiger partial charge < -0.3 is 9.47 Å². The number of aromatic nitrogens is 2. The van der Waals surface area contributed by atoms with Crippen molar-refractivity contribution in [1.82, 2.24) is 14.3 Å². The second-order valence-corrected chi connectivity index (χ2v) is 10.8. The lowest BCUT2D eigenvalue weighted by Crippen LogP contribution is -2.44. The first-order valence-corrected chi connectivity index (χ1v) is 13.2. The molecule has 0 radical (unpaired) electrons. The summed E-state index contributed by atoms with van der Waals surface area (Å²) < 4.78 is 36.9. The number of thiazole rings is 1. The van der Waals surface area contributed by atoms with Gasteiger partial charge in [-0.05, 0) is 37.1 Å². The standard InChI is InChI=1S/C22H26N4O5S2/c1-30-17-7-8-18(31-2)20-19(17)24-22(32-20)26(14-16-6-4-5-11-23-16)21(27)15-9-12-25(13-10-15)33(3,28)29/h4-8,11,15H,9-10,12-14H2,1-3H3. The molecule has 0 unspecified atom stereocenters. The average Bonchev–Trinajstić information content (AvgIpc) is 3.27. The number of carbonyl (C=O) groups excluding carboxylic acids is 1. The summed E-state index contributed by atoms with van der Waals surface area (Å²) in [5.74, 6) is 0.856. The van der Waals surface area contributed by atoms with Crippen LogP contribution in [0.2, 0.25) is 0 Å². The third-order valence-corrected chi connectivity index (χ3v) is 8.11. The normalized spacial score (nSPS) is 15.5. The van der Waals surface area contributed by atoms with Crippen LogP contribution in [0.5, 0.6) is 11.5 Å². The van der Waals surface area contributed by atoms with Crippen LogP contribution in [0.1, 0.15) is 18.5 Å². The summed E-state index contributed by atoms with van der Waals surface area (Å²) in [5.41, 5.74) is 1.36. The van der Waals surface area contributed by atoms with Crippen LogP contribution < -0.4 is 14.4 Å².